The summed E-state index contributed by atoms with van der Waals surface area (Å²) in [5.41, 5.74) is -0.941. The third-order valence-electron chi connectivity index (χ3n) is 5.44. The molecule has 0 spiro atoms. The third-order valence-corrected chi connectivity index (χ3v) is 5.44. The maximum Gasteiger partial charge on any atom is 0.408 e. The lowest BCUT2D eigenvalue weighted by Gasteiger charge is -2.51. The number of hydrogen-bond donors (Lipinski definition) is 2. The van der Waals surface area contributed by atoms with Crippen molar-refractivity contribution < 1.29 is 19.4 Å². The zero-order valence-electron chi connectivity index (χ0n) is 14.9. The monoisotopic (exact) mass is 325 g/mol. The van der Waals surface area contributed by atoms with Crippen LogP contribution >= 0.6 is 0 Å². The quantitative estimate of drug-likeness (QED) is 0.820. The molecule has 2 aliphatic carbocycles. The molecular weight excluding hydrogens is 294 g/mol. The summed E-state index contributed by atoms with van der Waals surface area (Å²) >= 11 is 0. The summed E-state index contributed by atoms with van der Waals surface area (Å²) in [6, 6.07) is -0.852. The minimum Gasteiger partial charge on any atom is -0.480 e. The first kappa shape index (κ1) is 18.1. The molecule has 2 saturated carbocycles. The Kier molecular flexibility index (Phi) is 5.27. The lowest BCUT2D eigenvalue weighted by molar-refractivity contribution is -0.146. The number of rotatable bonds is 4. The lowest BCUT2D eigenvalue weighted by Crippen LogP contribution is -2.57. The van der Waals surface area contributed by atoms with Crippen molar-refractivity contribution in [3.8, 4) is 0 Å². The maximum atomic E-state index is 12.1. The minimum absolute atomic E-state index is 0.315. The van der Waals surface area contributed by atoms with Gasteiger partial charge in [-0.3, -0.25) is 0 Å². The molecular formula is C18H31NO4. The van der Waals surface area contributed by atoms with Crippen LogP contribution in [0.4, 0.5) is 4.79 Å². The summed E-state index contributed by atoms with van der Waals surface area (Å²) in [7, 11) is 0. The van der Waals surface area contributed by atoms with Gasteiger partial charge in [0.15, 0.2) is 0 Å². The summed E-state index contributed by atoms with van der Waals surface area (Å²) in [6.45, 7) is 7.53. The number of carbonyl (C=O) groups is 2. The molecule has 4 atom stereocenters. The van der Waals surface area contributed by atoms with Crippen molar-refractivity contribution in [1.29, 1.82) is 0 Å². The Morgan fingerprint density at radius 2 is 2.04 bits per heavy atom. The molecule has 4 unspecified atom stereocenters. The second-order valence-electron chi connectivity index (χ2n) is 8.46. The summed E-state index contributed by atoms with van der Waals surface area (Å²) < 4.78 is 5.28. The Hall–Kier alpha value is -1.26. The zero-order valence-corrected chi connectivity index (χ0v) is 14.9. The Morgan fingerprint density at radius 3 is 2.61 bits per heavy atom. The highest BCUT2D eigenvalue weighted by Crippen LogP contribution is 2.53. The van der Waals surface area contributed by atoms with Crippen LogP contribution in [0.25, 0.3) is 0 Å². The van der Waals surface area contributed by atoms with Gasteiger partial charge >= 0.3 is 12.1 Å². The van der Waals surface area contributed by atoms with Gasteiger partial charge in [-0.25, -0.2) is 9.59 Å². The van der Waals surface area contributed by atoms with Gasteiger partial charge in [0.05, 0.1) is 0 Å². The van der Waals surface area contributed by atoms with Gasteiger partial charge in [-0.1, -0.05) is 26.2 Å². The fourth-order valence-corrected chi connectivity index (χ4v) is 4.63. The first-order chi connectivity index (χ1) is 10.6. The van der Waals surface area contributed by atoms with Gasteiger partial charge in [0, 0.05) is 5.41 Å². The molecule has 0 heterocycles. The molecule has 0 aliphatic heterocycles. The van der Waals surface area contributed by atoms with Gasteiger partial charge in [-0.05, 0) is 58.3 Å². The van der Waals surface area contributed by atoms with E-state index >= 15 is 0 Å². The van der Waals surface area contributed by atoms with Crippen molar-refractivity contribution >= 4 is 12.1 Å². The van der Waals surface area contributed by atoms with E-state index in [0.717, 1.165) is 32.1 Å². The van der Waals surface area contributed by atoms with Crippen molar-refractivity contribution in [2.45, 2.75) is 84.3 Å². The smallest absolute Gasteiger partial charge is 0.408 e. The molecule has 23 heavy (non-hydrogen) atoms. The molecule has 0 radical (unpaired) electrons. The van der Waals surface area contributed by atoms with Gasteiger partial charge in [0.2, 0.25) is 0 Å². The van der Waals surface area contributed by atoms with Crippen LogP contribution in [0.1, 0.15) is 72.6 Å². The van der Waals surface area contributed by atoms with E-state index < -0.39 is 23.7 Å². The van der Waals surface area contributed by atoms with E-state index in [1.165, 1.54) is 12.8 Å². The van der Waals surface area contributed by atoms with E-state index in [0.29, 0.717) is 11.8 Å². The van der Waals surface area contributed by atoms with Gasteiger partial charge in [-0.2, -0.15) is 0 Å². The fourth-order valence-electron chi connectivity index (χ4n) is 4.63. The first-order valence-electron chi connectivity index (χ1n) is 8.87. The predicted octanol–water partition coefficient (Wildman–Crippen LogP) is 3.96. The number of ether oxygens (including phenoxy) is 1. The molecule has 132 valence electrons. The van der Waals surface area contributed by atoms with Crippen LogP contribution in [-0.4, -0.2) is 28.8 Å². The van der Waals surface area contributed by atoms with Crippen LogP contribution in [0.2, 0.25) is 0 Å². The number of hydrogen-bond acceptors (Lipinski definition) is 3. The topological polar surface area (TPSA) is 75.6 Å². The second kappa shape index (κ2) is 6.70. The Morgan fingerprint density at radius 1 is 1.35 bits per heavy atom. The van der Waals surface area contributed by atoms with E-state index in [9.17, 15) is 14.7 Å². The molecule has 2 fully saturated rings. The molecule has 0 aromatic carbocycles. The second-order valence-corrected chi connectivity index (χ2v) is 8.46. The fraction of sp³-hybridized carbons (Fsp3) is 0.889. The maximum absolute atomic E-state index is 12.1. The number of amides is 1. The largest absolute Gasteiger partial charge is 0.480 e. The number of carboxylic acids is 1. The van der Waals surface area contributed by atoms with Crippen LogP contribution in [0, 0.1) is 17.3 Å². The highest BCUT2D eigenvalue weighted by Gasteiger charge is 2.51. The van der Waals surface area contributed by atoms with E-state index in [2.05, 4.69) is 12.2 Å². The van der Waals surface area contributed by atoms with Crippen molar-refractivity contribution in [3.63, 3.8) is 0 Å². The van der Waals surface area contributed by atoms with Gasteiger partial charge < -0.3 is 15.2 Å². The Bertz CT molecular complexity index is 456. The van der Waals surface area contributed by atoms with E-state index in [4.69, 9.17) is 4.74 Å². The first-order valence-corrected chi connectivity index (χ1v) is 8.87. The molecule has 0 aromatic rings. The molecule has 2 aliphatic rings. The number of fused-ring (bicyclic) bond motifs is 2. The van der Waals surface area contributed by atoms with E-state index in [1.807, 2.05) is 0 Å². The molecule has 2 N–H and O–H groups in total. The average Bonchev–Trinajstić information content (AvgIpc) is 2.42. The molecule has 0 saturated heterocycles. The summed E-state index contributed by atoms with van der Waals surface area (Å²) in [5.74, 6) is 0.231. The highest BCUT2D eigenvalue weighted by atomic mass is 16.6. The molecule has 2 bridgehead atoms. The Labute approximate surface area is 139 Å². The van der Waals surface area contributed by atoms with E-state index in [1.54, 1.807) is 20.8 Å². The third kappa shape index (κ3) is 4.39. The van der Waals surface area contributed by atoms with Crippen LogP contribution in [0.15, 0.2) is 0 Å². The van der Waals surface area contributed by atoms with Crippen LogP contribution in [0.5, 0.6) is 0 Å². The highest BCUT2D eigenvalue weighted by molar-refractivity contribution is 5.81. The minimum atomic E-state index is -0.937. The van der Waals surface area contributed by atoms with Gasteiger partial charge in [0.1, 0.15) is 11.6 Å². The lowest BCUT2D eigenvalue weighted by atomic mass is 9.55. The van der Waals surface area contributed by atoms with Crippen molar-refractivity contribution in [2.24, 2.45) is 17.3 Å². The van der Waals surface area contributed by atoms with Crippen LogP contribution in [0.3, 0.4) is 0 Å². The van der Waals surface area contributed by atoms with Crippen molar-refractivity contribution in [3.05, 3.63) is 0 Å². The molecule has 2 rings (SSSR count). The average molecular weight is 325 g/mol. The number of nitrogens with one attached hydrogen (secondary N) is 1. The van der Waals surface area contributed by atoms with Crippen LogP contribution in [-0.2, 0) is 9.53 Å². The standard InChI is InChI=1S/C18H31NO4/c1-5-12-9-13-7-6-8-18(10-12,11-13)14(15(20)21)19-16(22)23-17(2,3)4/h12-14H,5-11H2,1-4H3,(H,19,22)(H,20,21). The molecule has 1 amide bonds. The number of carbonyl (C=O) groups excluding carboxylic acids is 1. The number of carboxylic acid groups (broad SMARTS) is 1. The molecule has 5 heteroatoms. The van der Waals surface area contributed by atoms with Gasteiger partial charge in [0.25, 0.3) is 0 Å². The summed E-state index contributed by atoms with van der Waals surface area (Å²) in [6.07, 6.45) is 6.60. The summed E-state index contributed by atoms with van der Waals surface area (Å²) in [4.78, 5) is 24.0. The Balaban J connectivity index is 2.18. The van der Waals surface area contributed by atoms with Gasteiger partial charge in [-0.15, -0.1) is 0 Å². The van der Waals surface area contributed by atoms with Crippen molar-refractivity contribution in [1.82, 2.24) is 5.32 Å². The molecule has 5 nitrogen and oxygen atoms in total. The number of aliphatic carboxylic acids is 1. The van der Waals surface area contributed by atoms with Crippen molar-refractivity contribution in [2.75, 3.05) is 0 Å². The normalized spacial score (nSPS) is 32.0. The number of alkyl carbamates (subject to hydrolysis) is 1. The SMILES string of the molecule is CCC1CC2CCCC(C(NC(=O)OC(C)(C)C)C(=O)O)(C1)C2. The summed E-state index contributed by atoms with van der Waals surface area (Å²) in [5, 5.41) is 12.4. The predicted molar refractivity (Wildman–Crippen MR) is 88.2 cm³/mol. The van der Waals surface area contributed by atoms with E-state index in [-0.39, 0.29) is 5.41 Å². The van der Waals surface area contributed by atoms with Crippen LogP contribution < -0.4 is 5.32 Å². The molecule has 0 aromatic heterocycles. The zero-order chi connectivity index (χ0) is 17.3.